The van der Waals surface area contributed by atoms with Gasteiger partial charge in [0.15, 0.2) is 11.6 Å². The smallest absolute Gasteiger partial charge is 0.255 e. The van der Waals surface area contributed by atoms with Crippen LogP contribution in [0.4, 0.5) is 24.5 Å². The third-order valence-corrected chi connectivity index (χ3v) is 2.82. The number of hydrogen-bond acceptors (Lipinski definition) is 3. The van der Waals surface area contributed by atoms with Gasteiger partial charge in [0.05, 0.1) is 5.69 Å². The Labute approximate surface area is 118 Å². The number of carbonyl (C=O) groups is 1. The number of rotatable bonds is 3. The van der Waals surface area contributed by atoms with Gasteiger partial charge in [0, 0.05) is 5.56 Å². The van der Waals surface area contributed by atoms with Crippen LogP contribution in [-0.2, 0) is 0 Å². The Hall–Kier alpha value is -2.54. The Morgan fingerprint density at radius 1 is 1.05 bits per heavy atom. The van der Waals surface area contributed by atoms with E-state index >= 15 is 0 Å². The van der Waals surface area contributed by atoms with Crippen molar-refractivity contribution in [3.63, 3.8) is 0 Å². The molecule has 0 fully saturated rings. The maximum Gasteiger partial charge on any atom is 0.255 e. The van der Waals surface area contributed by atoms with E-state index in [-0.39, 0.29) is 11.3 Å². The van der Waals surface area contributed by atoms with Crippen LogP contribution >= 0.6 is 0 Å². The normalized spacial score (nSPS) is 10.3. The highest BCUT2D eigenvalue weighted by Gasteiger charge is 2.15. The van der Waals surface area contributed by atoms with Crippen LogP contribution in [-0.4, -0.2) is 5.91 Å². The molecule has 1 amide bonds. The summed E-state index contributed by atoms with van der Waals surface area (Å²) in [5.74, 6) is 1.44. The second-order valence-electron chi connectivity index (χ2n) is 4.40. The molecule has 0 atom stereocenters. The van der Waals surface area contributed by atoms with E-state index in [0.29, 0.717) is 0 Å². The van der Waals surface area contributed by atoms with Crippen molar-refractivity contribution >= 4 is 17.3 Å². The zero-order chi connectivity index (χ0) is 15.6. The average molecular weight is 295 g/mol. The van der Waals surface area contributed by atoms with Crippen LogP contribution in [0.15, 0.2) is 30.3 Å². The van der Waals surface area contributed by atoms with Crippen LogP contribution in [0.2, 0.25) is 0 Å². The summed E-state index contributed by atoms with van der Waals surface area (Å²) < 4.78 is 40.6. The molecule has 0 aromatic heterocycles. The van der Waals surface area contributed by atoms with Crippen LogP contribution in [0.25, 0.3) is 0 Å². The first kappa shape index (κ1) is 14.9. The lowest BCUT2D eigenvalue weighted by Gasteiger charge is -2.09. The number of nitrogens with one attached hydrogen (secondary N) is 2. The van der Waals surface area contributed by atoms with Crippen molar-refractivity contribution in [3.8, 4) is 0 Å². The Morgan fingerprint density at radius 3 is 2.24 bits per heavy atom. The minimum atomic E-state index is -1.02. The highest BCUT2D eigenvalue weighted by Crippen LogP contribution is 2.21. The van der Waals surface area contributed by atoms with Gasteiger partial charge in [-0.15, -0.1) is 0 Å². The van der Waals surface area contributed by atoms with E-state index in [1.54, 1.807) is 6.92 Å². The number of hydrazine groups is 1. The third-order valence-electron chi connectivity index (χ3n) is 2.82. The van der Waals surface area contributed by atoms with Crippen molar-refractivity contribution in [2.75, 3.05) is 10.7 Å². The second-order valence-corrected chi connectivity index (χ2v) is 4.40. The molecule has 0 bridgehead atoms. The van der Waals surface area contributed by atoms with Crippen molar-refractivity contribution in [3.05, 3.63) is 58.9 Å². The van der Waals surface area contributed by atoms with Gasteiger partial charge in [0.25, 0.3) is 5.91 Å². The molecular formula is C14H12F3N3O. The van der Waals surface area contributed by atoms with Gasteiger partial charge in [0.1, 0.15) is 11.5 Å². The van der Waals surface area contributed by atoms with Crippen LogP contribution < -0.4 is 16.6 Å². The Morgan fingerprint density at radius 2 is 1.67 bits per heavy atom. The molecule has 2 aromatic rings. The number of amides is 1. The molecule has 2 aromatic carbocycles. The predicted octanol–water partition coefficient (Wildman–Crippen LogP) is 2.95. The average Bonchev–Trinajstić information content (AvgIpc) is 2.42. The molecule has 0 unspecified atom stereocenters. The van der Waals surface area contributed by atoms with E-state index in [2.05, 4.69) is 5.32 Å². The lowest BCUT2D eigenvalue weighted by Crippen LogP contribution is -2.16. The van der Waals surface area contributed by atoms with Gasteiger partial charge in [-0.2, -0.15) is 0 Å². The van der Waals surface area contributed by atoms with Gasteiger partial charge in [-0.25, -0.2) is 13.2 Å². The topological polar surface area (TPSA) is 67.2 Å². The lowest BCUT2D eigenvalue weighted by atomic mass is 10.1. The van der Waals surface area contributed by atoms with E-state index in [0.717, 1.165) is 17.7 Å². The van der Waals surface area contributed by atoms with Crippen LogP contribution in [0.1, 0.15) is 15.9 Å². The first-order valence-electron chi connectivity index (χ1n) is 5.95. The second kappa shape index (κ2) is 5.84. The molecule has 4 nitrogen and oxygen atoms in total. The number of nitrogen functional groups attached to an aromatic ring is 1. The van der Waals surface area contributed by atoms with Gasteiger partial charge >= 0.3 is 0 Å². The van der Waals surface area contributed by atoms with E-state index in [1.807, 2.05) is 5.43 Å². The fourth-order valence-corrected chi connectivity index (χ4v) is 1.77. The molecule has 0 radical (unpaired) electrons. The third kappa shape index (κ3) is 3.14. The summed E-state index contributed by atoms with van der Waals surface area (Å²) in [6.45, 7) is 1.72. The SMILES string of the molecule is Cc1ccc(F)c(NC(=O)c2cc(F)c(NN)c(F)c2)c1. The zero-order valence-electron chi connectivity index (χ0n) is 11.0. The van der Waals surface area contributed by atoms with E-state index < -0.39 is 29.0 Å². The quantitative estimate of drug-likeness (QED) is 0.602. The fourth-order valence-electron chi connectivity index (χ4n) is 1.77. The predicted molar refractivity (Wildman–Crippen MR) is 73.3 cm³/mol. The highest BCUT2D eigenvalue weighted by atomic mass is 19.1. The van der Waals surface area contributed by atoms with E-state index in [4.69, 9.17) is 5.84 Å². The fraction of sp³-hybridized carbons (Fsp3) is 0.0714. The lowest BCUT2D eigenvalue weighted by molar-refractivity contribution is 0.102. The van der Waals surface area contributed by atoms with Gasteiger partial charge in [-0.1, -0.05) is 6.07 Å². The summed E-state index contributed by atoms with van der Waals surface area (Å²) >= 11 is 0. The standard InChI is InChI=1S/C14H12F3N3O/c1-7-2-3-9(15)12(4-7)19-14(21)8-5-10(16)13(20-18)11(17)6-8/h2-6,20H,18H2,1H3,(H,19,21). The molecule has 110 valence electrons. The number of benzene rings is 2. The summed E-state index contributed by atoms with van der Waals surface area (Å²) in [5, 5.41) is 2.26. The molecule has 7 heteroatoms. The molecule has 0 spiro atoms. The van der Waals surface area contributed by atoms with Gasteiger partial charge in [-0.05, 0) is 36.8 Å². The van der Waals surface area contributed by atoms with Crippen molar-refractivity contribution in [2.24, 2.45) is 5.84 Å². The number of halogens is 3. The molecule has 21 heavy (non-hydrogen) atoms. The maximum absolute atomic E-state index is 13.5. The highest BCUT2D eigenvalue weighted by molar-refractivity contribution is 6.04. The van der Waals surface area contributed by atoms with E-state index in [9.17, 15) is 18.0 Å². The van der Waals surface area contributed by atoms with Crippen LogP contribution in [0.3, 0.4) is 0 Å². The molecule has 0 aliphatic heterocycles. The van der Waals surface area contributed by atoms with E-state index in [1.165, 1.54) is 18.2 Å². The maximum atomic E-state index is 13.5. The largest absolute Gasteiger partial charge is 0.319 e. The van der Waals surface area contributed by atoms with Gasteiger partial charge in [-0.3, -0.25) is 10.6 Å². The Kier molecular flexibility index (Phi) is 4.13. The summed E-state index contributed by atoms with van der Waals surface area (Å²) in [6.07, 6.45) is 0. The van der Waals surface area contributed by atoms with Crippen molar-refractivity contribution in [2.45, 2.75) is 6.92 Å². The van der Waals surface area contributed by atoms with Crippen molar-refractivity contribution < 1.29 is 18.0 Å². The molecule has 0 aliphatic carbocycles. The summed E-state index contributed by atoms with van der Waals surface area (Å²) in [7, 11) is 0. The molecule has 4 N–H and O–H groups in total. The molecular weight excluding hydrogens is 283 g/mol. The number of anilines is 2. The summed E-state index contributed by atoms with van der Waals surface area (Å²) in [6, 6.07) is 5.75. The Balaban J connectivity index is 2.31. The number of nitrogens with two attached hydrogens (primary N) is 1. The van der Waals surface area contributed by atoms with Gasteiger partial charge < -0.3 is 10.7 Å². The Bertz CT molecular complexity index is 681. The zero-order valence-corrected chi connectivity index (χ0v) is 11.0. The molecule has 0 aliphatic rings. The first-order chi connectivity index (χ1) is 9.92. The minimum Gasteiger partial charge on any atom is -0.319 e. The minimum absolute atomic E-state index is 0.0677. The van der Waals surface area contributed by atoms with Gasteiger partial charge in [0.2, 0.25) is 0 Å². The molecule has 0 saturated carbocycles. The monoisotopic (exact) mass is 295 g/mol. The molecule has 0 heterocycles. The number of aryl methyl sites for hydroxylation is 1. The molecule has 0 saturated heterocycles. The van der Waals surface area contributed by atoms with Crippen molar-refractivity contribution in [1.29, 1.82) is 0 Å². The number of carbonyl (C=O) groups excluding carboxylic acids is 1. The van der Waals surface area contributed by atoms with Crippen LogP contribution in [0, 0.1) is 24.4 Å². The summed E-state index contributed by atoms with van der Waals surface area (Å²) in [5.41, 5.74) is 1.68. The summed E-state index contributed by atoms with van der Waals surface area (Å²) in [4.78, 5) is 11.9. The first-order valence-corrected chi connectivity index (χ1v) is 5.95. The van der Waals surface area contributed by atoms with Crippen molar-refractivity contribution in [1.82, 2.24) is 0 Å². The number of hydrogen-bond donors (Lipinski definition) is 3. The molecule has 2 rings (SSSR count). The van der Waals surface area contributed by atoms with Crippen LogP contribution in [0.5, 0.6) is 0 Å².